The number of aliphatic hydroxyl groups is 1. The number of imidazole rings is 1. The molecular weight excluding hydrogens is 741 g/mol. The van der Waals surface area contributed by atoms with Crippen molar-refractivity contribution in [2.24, 2.45) is 17.8 Å². The molecule has 16 heteroatoms. The van der Waals surface area contributed by atoms with E-state index >= 15 is 4.39 Å². The number of aryl methyl sites for hydroxylation is 1. The van der Waals surface area contributed by atoms with Gasteiger partial charge in [-0.2, -0.15) is 0 Å². The summed E-state index contributed by atoms with van der Waals surface area (Å²) in [6.07, 6.45) is -0.799. The number of cyclic esters (lactones) is 1. The predicted octanol–water partition coefficient (Wildman–Crippen LogP) is 4.56. The first-order valence-electron chi connectivity index (χ1n) is 20.3. The van der Waals surface area contributed by atoms with Gasteiger partial charge in [-0.25, -0.2) is 23.9 Å². The average molecular weight is 804 g/mol. The van der Waals surface area contributed by atoms with Crippen LogP contribution in [0.15, 0.2) is 24.7 Å². The molecule has 13 atom stereocenters. The average Bonchev–Trinajstić information content (AvgIpc) is 3.71. The Morgan fingerprint density at radius 2 is 1.74 bits per heavy atom. The van der Waals surface area contributed by atoms with Gasteiger partial charge in [-0.15, -0.1) is 0 Å². The summed E-state index contributed by atoms with van der Waals surface area (Å²) in [5.74, 6) is -5.78. The number of aliphatic hydroxyl groups excluding tert-OH is 1. The van der Waals surface area contributed by atoms with Crippen LogP contribution in [0.3, 0.4) is 0 Å². The fourth-order valence-corrected chi connectivity index (χ4v) is 9.31. The Labute approximate surface area is 334 Å². The summed E-state index contributed by atoms with van der Waals surface area (Å²) in [5.41, 5.74) is -4.69. The third kappa shape index (κ3) is 8.75. The minimum atomic E-state index is -3.17. The van der Waals surface area contributed by atoms with Crippen molar-refractivity contribution in [1.82, 2.24) is 24.8 Å². The molecule has 3 aliphatic heterocycles. The molecule has 1 amide bonds. The minimum absolute atomic E-state index is 0.000242. The topological polar surface area (TPSA) is 181 Å². The zero-order valence-electron chi connectivity index (χ0n) is 35.0. The van der Waals surface area contributed by atoms with Crippen LogP contribution in [0.2, 0.25) is 0 Å². The molecule has 318 valence electrons. The van der Waals surface area contributed by atoms with Gasteiger partial charge in [-0.1, -0.05) is 34.6 Å². The van der Waals surface area contributed by atoms with E-state index in [4.69, 9.17) is 23.7 Å². The molecule has 0 unspecified atom stereocenters. The molecule has 0 spiro atoms. The fraction of sp³-hybridized carbons (Fsp3) is 0.756. The number of unbranched alkanes of at least 4 members (excludes halogenated alkanes) is 1. The first-order valence-corrected chi connectivity index (χ1v) is 20.3. The van der Waals surface area contributed by atoms with Gasteiger partial charge in [0.2, 0.25) is 0 Å². The molecule has 3 fully saturated rings. The number of methoxy groups -OCH3 is 1. The number of aromatic nitrogens is 3. The van der Waals surface area contributed by atoms with Gasteiger partial charge in [0.1, 0.15) is 23.5 Å². The number of nitrogens with zero attached hydrogens (tertiary/aromatic N) is 4. The van der Waals surface area contributed by atoms with Gasteiger partial charge in [0.05, 0.1) is 30.2 Å². The van der Waals surface area contributed by atoms with Crippen molar-refractivity contribution in [3.8, 4) is 0 Å². The fourth-order valence-electron chi connectivity index (χ4n) is 9.31. The van der Waals surface area contributed by atoms with E-state index in [9.17, 15) is 24.3 Å². The van der Waals surface area contributed by atoms with E-state index in [1.54, 1.807) is 47.1 Å². The second kappa shape index (κ2) is 17.7. The second-order valence-electron chi connectivity index (χ2n) is 16.7. The Balaban J connectivity index is 1.49. The van der Waals surface area contributed by atoms with Crippen LogP contribution in [0.4, 0.5) is 9.18 Å². The maximum Gasteiger partial charge on any atom is 0.410 e. The summed E-state index contributed by atoms with van der Waals surface area (Å²) >= 11 is 0. The number of amides is 1. The lowest BCUT2D eigenvalue weighted by molar-refractivity contribution is -0.290. The van der Waals surface area contributed by atoms with E-state index in [0.29, 0.717) is 32.4 Å². The third-order valence-electron chi connectivity index (χ3n) is 12.4. The molecular formula is C41H62FN5O10. The zero-order chi connectivity index (χ0) is 42.0. The van der Waals surface area contributed by atoms with Crippen molar-refractivity contribution in [1.29, 1.82) is 0 Å². The molecule has 2 N–H and O–H groups in total. The van der Waals surface area contributed by atoms with Gasteiger partial charge in [-0.05, 0) is 78.5 Å². The standard InChI is InChI=1S/C41H62FN5O10/c1-11-29-41(9)32(47(38(52)57-41)19-14-13-18-46-22-45-27-16-15-17-44-35(27)46)25(5)30(48)23(3)21-39(7,53-10)34(26(6)33(50)40(8,42)37(51)55-29)56-36-31(49)28(43-12-2)20-24(4)54-36/h15-17,22-26,28-29,31-32,34,36,43,49H,11-14,18-21H2,1-10H3/t23-,24-,25+,26+,28+,29-,31+,32+,34-,36+,39-,40+,41-/m1/s1. The van der Waals surface area contributed by atoms with Crippen molar-refractivity contribution >= 4 is 34.8 Å². The van der Waals surface area contributed by atoms with Crippen molar-refractivity contribution in [2.45, 2.75) is 161 Å². The third-order valence-corrected chi connectivity index (χ3v) is 12.4. The maximum absolute atomic E-state index is 16.9. The molecule has 0 aromatic carbocycles. The number of esters is 1. The lowest BCUT2D eigenvalue weighted by Crippen LogP contribution is -2.62. The van der Waals surface area contributed by atoms with E-state index < -0.39 is 89.2 Å². The molecule has 5 heterocycles. The van der Waals surface area contributed by atoms with E-state index in [1.807, 2.05) is 30.5 Å². The molecule has 3 saturated heterocycles. The highest BCUT2D eigenvalue weighted by atomic mass is 19.1. The number of hydrogen-bond acceptors (Lipinski definition) is 13. The molecule has 0 radical (unpaired) electrons. The normalized spacial score (nSPS) is 38.5. The number of nitrogens with one attached hydrogen (secondary N) is 1. The van der Waals surface area contributed by atoms with Gasteiger partial charge in [0.25, 0.3) is 5.67 Å². The monoisotopic (exact) mass is 803 g/mol. The van der Waals surface area contributed by atoms with Crippen LogP contribution in [0, 0.1) is 17.8 Å². The summed E-state index contributed by atoms with van der Waals surface area (Å²) in [6, 6.07) is 2.38. The number of rotatable bonds is 11. The van der Waals surface area contributed by atoms with Gasteiger partial charge < -0.3 is 43.6 Å². The van der Waals surface area contributed by atoms with E-state index in [2.05, 4.69) is 15.3 Å². The SMILES string of the molecule is CCN[C@H]1C[C@@H](C)O[C@@H](O[C@@H]2[C@@H](C)C(=O)[C@](C)(F)C(=O)O[C@H](CC)[C@@]3(C)OC(=O)N(CCCCn4cnc5cccnc54)[C@H]3[C@@H](C)C(=O)[C@H](C)C[C@@]2(C)OC)[C@H]1O. The summed E-state index contributed by atoms with van der Waals surface area (Å²) in [5, 5.41) is 14.6. The molecule has 0 bridgehead atoms. The maximum atomic E-state index is 16.9. The summed E-state index contributed by atoms with van der Waals surface area (Å²) in [7, 11) is 1.40. The van der Waals surface area contributed by atoms with Crippen molar-refractivity contribution in [2.75, 3.05) is 20.2 Å². The Kier molecular flexibility index (Phi) is 13.9. The molecule has 0 saturated carbocycles. The number of pyridine rings is 1. The number of halogens is 1. The molecule has 0 aliphatic carbocycles. The van der Waals surface area contributed by atoms with Gasteiger partial charge >= 0.3 is 12.1 Å². The molecule has 2 aromatic heterocycles. The quantitative estimate of drug-likeness (QED) is 0.184. The van der Waals surface area contributed by atoms with Gasteiger partial charge in [0.15, 0.2) is 23.3 Å². The van der Waals surface area contributed by atoms with Crippen LogP contribution in [0.25, 0.3) is 11.2 Å². The van der Waals surface area contributed by atoms with Crippen LogP contribution in [-0.4, -0.2) is 128 Å². The number of carbonyl (C=O) groups is 4. The smallest absolute Gasteiger partial charge is 0.410 e. The van der Waals surface area contributed by atoms with Crippen LogP contribution in [0.5, 0.6) is 0 Å². The Bertz CT molecular complexity index is 1760. The number of likely N-dealkylation sites (N-methyl/N-ethyl adjacent to an activating group) is 1. The number of hydrogen-bond donors (Lipinski definition) is 2. The molecule has 15 nitrogen and oxygen atoms in total. The van der Waals surface area contributed by atoms with E-state index in [-0.39, 0.29) is 31.3 Å². The van der Waals surface area contributed by atoms with E-state index in [0.717, 1.165) is 18.1 Å². The Hall–Kier alpha value is -3.57. The second-order valence-corrected chi connectivity index (χ2v) is 16.7. The van der Waals surface area contributed by atoms with Crippen LogP contribution >= 0.6 is 0 Å². The molecule has 5 rings (SSSR count). The first-order chi connectivity index (χ1) is 26.8. The van der Waals surface area contributed by atoms with Crippen molar-refractivity contribution < 1.29 is 52.4 Å². The first kappa shape index (κ1) is 44.5. The zero-order valence-corrected chi connectivity index (χ0v) is 35.0. The van der Waals surface area contributed by atoms with Crippen LogP contribution < -0.4 is 5.32 Å². The number of alkyl halides is 1. The number of ketones is 2. The van der Waals surface area contributed by atoms with Gasteiger partial charge in [0, 0.05) is 50.2 Å². The largest absolute Gasteiger partial charge is 0.455 e. The lowest BCUT2D eigenvalue weighted by Gasteiger charge is -2.46. The molecule has 3 aliphatic rings. The number of ether oxygens (including phenoxy) is 5. The number of fused-ring (bicyclic) bond motifs is 2. The highest BCUT2D eigenvalue weighted by molar-refractivity contribution is 6.08. The number of carbonyl (C=O) groups excluding carboxylic acids is 4. The number of Topliss-reactive ketones (excluding diaryl/α,β-unsaturated/α-hetero) is 2. The summed E-state index contributed by atoms with van der Waals surface area (Å²) < 4.78 is 49.3. The summed E-state index contributed by atoms with van der Waals surface area (Å²) in [6.45, 7) is 15.8. The minimum Gasteiger partial charge on any atom is -0.455 e. The van der Waals surface area contributed by atoms with Crippen LogP contribution in [-0.2, 0) is 44.6 Å². The highest BCUT2D eigenvalue weighted by Gasteiger charge is 2.61. The highest BCUT2D eigenvalue weighted by Crippen LogP contribution is 2.43. The predicted molar refractivity (Wildman–Crippen MR) is 207 cm³/mol. The lowest BCUT2D eigenvalue weighted by atomic mass is 9.73. The Morgan fingerprint density at radius 1 is 1.04 bits per heavy atom. The summed E-state index contributed by atoms with van der Waals surface area (Å²) in [4.78, 5) is 66.9. The van der Waals surface area contributed by atoms with E-state index in [1.165, 1.54) is 18.9 Å². The Morgan fingerprint density at radius 3 is 2.40 bits per heavy atom. The van der Waals surface area contributed by atoms with Crippen LogP contribution in [0.1, 0.15) is 94.4 Å². The molecule has 57 heavy (non-hydrogen) atoms. The van der Waals surface area contributed by atoms with Crippen molar-refractivity contribution in [3.05, 3.63) is 24.7 Å². The molecule has 2 aromatic rings. The van der Waals surface area contributed by atoms with Crippen molar-refractivity contribution in [3.63, 3.8) is 0 Å². The van der Waals surface area contributed by atoms with Gasteiger partial charge in [-0.3, -0.25) is 9.59 Å².